The molecular weight excluding hydrogens is 218 g/mol. The summed E-state index contributed by atoms with van der Waals surface area (Å²) in [6.07, 6.45) is 0. The highest BCUT2D eigenvalue weighted by Gasteiger charge is 2.16. The van der Waals surface area contributed by atoms with Crippen LogP contribution in [0, 0.1) is 0 Å². The Kier molecular flexibility index (Phi) is 7.54. The van der Waals surface area contributed by atoms with Gasteiger partial charge in [0.15, 0.2) is 0 Å². The molecule has 0 spiro atoms. The van der Waals surface area contributed by atoms with Gasteiger partial charge in [0, 0.05) is 33.1 Å². The second kappa shape index (κ2) is 8.06. The van der Waals surface area contributed by atoms with Gasteiger partial charge in [-0.2, -0.15) is 0 Å². The Morgan fingerprint density at radius 2 is 1.47 bits per heavy atom. The lowest BCUT2D eigenvalue weighted by molar-refractivity contribution is -0.139. The molecule has 5 nitrogen and oxygen atoms in total. The van der Waals surface area contributed by atoms with E-state index in [1.165, 1.54) is 6.92 Å². The van der Waals surface area contributed by atoms with Gasteiger partial charge in [0.25, 0.3) is 0 Å². The molecule has 5 heteroatoms. The highest BCUT2D eigenvalue weighted by Crippen LogP contribution is 1.96. The van der Waals surface area contributed by atoms with Crippen LogP contribution in [0.15, 0.2) is 0 Å². The summed E-state index contributed by atoms with van der Waals surface area (Å²) < 4.78 is 0. The fourth-order valence-electron chi connectivity index (χ4n) is 1.51. The van der Waals surface area contributed by atoms with Gasteiger partial charge in [-0.25, -0.2) is 0 Å². The quantitative estimate of drug-likeness (QED) is 0.644. The second-order valence-electron chi connectivity index (χ2n) is 4.31. The van der Waals surface area contributed by atoms with Crippen LogP contribution >= 0.6 is 0 Å². The van der Waals surface area contributed by atoms with Crippen molar-refractivity contribution in [2.24, 2.45) is 0 Å². The Labute approximate surface area is 104 Å². The van der Waals surface area contributed by atoms with Crippen LogP contribution in [0.25, 0.3) is 0 Å². The van der Waals surface area contributed by atoms with Gasteiger partial charge < -0.3 is 14.7 Å². The van der Waals surface area contributed by atoms with E-state index in [1.807, 2.05) is 32.8 Å². The molecule has 0 aliphatic carbocycles. The van der Waals surface area contributed by atoms with Crippen molar-refractivity contribution in [3.63, 3.8) is 0 Å². The predicted octanol–water partition coefficient (Wildman–Crippen LogP) is 0.265. The number of likely N-dealkylation sites (N-methyl/N-ethyl adjacent to an activating group) is 2. The van der Waals surface area contributed by atoms with Gasteiger partial charge in [-0.15, -0.1) is 0 Å². The molecule has 0 saturated carbocycles. The molecule has 0 radical (unpaired) electrons. The van der Waals surface area contributed by atoms with Crippen molar-refractivity contribution < 1.29 is 9.59 Å². The first-order valence-electron chi connectivity index (χ1n) is 6.10. The van der Waals surface area contributed by atoms with Crippen LogP contribution in [-0.4, -0.2) is 73.3 Å². The number of carbonyl (C=O) groups excluding carboxylic acids is 2. The molecule has 0 atom stereocenters. The van der Waals surface area contributed by atoms with Gasteiger partial charge in [-0.3, -0.25) is 9.59 Å². The van der Waals surface area contributed by atoms with Crippen molar-refractivity contribution in [1.82, 2.24) is 14.7 Å². The van der Waals surface area contributed by atoms with E-state index >= 15 is 0 Å². The lowest BCUT2D eigenvalue weighted by Gasteiger charge is -2.26. The van der Waals surface area contributed by atoms with Gasteiger partial charge in [0.1, 0.15) is 0 Å². The van der Waals surface area contributed by atoms with E-state index in [4.69, 9.17) is 0 Å². The summed E-state index contributed by atoms with van der Waals surface area (Å²) in [4.78, 5) is 28.6. The molecule has 0 aromatic carbocycles. The minimum absolute atomic E-state index is 0.0176. The van der Waals surface area contributed by atoms with E-state index in [2.05, 4.69) is 0 Å². The van der Waals surface area contributed by atoms with Gasteiger partial charge in [0.05, 0.1) is 6.54 Å². The molecule has 17 heavy (non-hydrogen) atoms. The Morgan fingerprint density at radius 1 is 0.941 bits per heavy atom. The average molecular weight is 243 g/mol. The third kappa shape index (κ3) is 6.26. The zero-order valence-electron chi connectivity index (χ0n) is 11.7. The predicted molar refractivity (Wildman–Crippen MR) is 68.7 cm³/mol. The van der Waals surface area contributed by atoms with E-state index in [0.29, 0.717) is 19.6 Å². The first kappa shape index (κ1) is 15.9. The highest BCUT2D eigenvalue weighted by molar-refractivity contribution is 5.83. The van der Waals surface area contributed by atoms with Gasteiger partial charge in [-0.05, 0) is 27.9 Å². The van der Waals surface area contributed by atoms with E-state index in [1.54, 1.807) is 9.80 Å². The molecule has 2 amide bonds. The van der Waals surface area contributed by atoms with Crippen molar-refractivity contribution in [2.45, 2.75) is 20.8 Å². The molecule has 0 aromatic heterocycles. The number of carbonyl (C=O) groups is 2. The van der Waals surface area contributed by atoms with Crippen LogP contribution in [0.4, 0.5) is 0 Å². The number of nitrogens with zero attached hydrogens (tertiary/aromatic N) is 3. The summed E-state index contributed by atoms with van der Waals surface area (Å²) in [5.74, 6) is -0.0312. The summed E-state index contributed by atoms with van der Waals surface area (Å²) >= 11 is 0. The minimum atomic E-state index is -0.0487. The van der Waals surface area contributed by atoms with E-state index in [0.717, 1.165) is 6.54 Å². The van der Waals surface area contributed by atoms with Crippen molar-refractivity contribution in [2.75, 3.05) is 46.8 Å². The maximum absolute atomic E-state index is 11.9. The van der Waals surface area contributed by atoms with Crippen LogP contribution in [0.3, 0.4) is 0 Å². The Morgan fingerprint density at radius 3 is 1.82 bits per heavy atom. The van der Waals surface area contributed by atoms with Gasteiger partial charge in [-0.1, -0.05) is 0 Å². The molecule has 0 N–H and O–H groups in total. The normalized spacial score (nSPS) is 10.5. The molecule has 0 aliphatic heterocycles. The minimum Gasteiger partial charge on any atom is -0.342 e. The molecule has 0 aliphatic rings. The van der Waals surface area contributed by atoms with E-state index in [9.17, 15) is 9.59 Å². The third-order valence-corrected chi connectivity index (χ3v) is 2.70. The maximum Gasteiger partial charge on any atom is 0.242 e. The van der Waals surface area contributed by atoms with E-state index < -0.39 is 0 Å². The summed E-state index contributed by atoms with van der Waals surface area (Å²) in [7, 11) is 3.90. The summed E-state index contributed by atoms with van der Waals surface area (Å²) in [6, 6.07) is 0. The third-order valence-electron chi connectivity index (χ3n) is 2.70. The van der Waals surface area contributed by atoms with Crippen molar-refractivity contribution in [3.05, 3.63) is 0 Å². The fraction of sp³-hybridized carbons (Fsp3) is 0.833. The topological polar surface area (TPSA) is 43.9 Å². The first-order chi connectivity index (χ1) is 7.92. The van der Waals surface area contributed by atoms with E-state index in [-0.39, 0.29) is 18.4 Å². The molecule has 0 fully saturated rings. The zero-order chi connectivity index (χ0) is 13.4. The lowest BCUT2D eigenvalue weighted by Crippen LogP contribution is -2.44. The van der Waals surface area contributed by atoms with Gasteiger partial charge in [0.2, 0.25) is 11.8 Å². The Bertz CT molecular complexity index is 250. The van der Waals surface area contributed by atoms with Crippen LogP contribution in [0.5, 0.6) is 0 Å². The molecular formula is C12H25N3O2. The largest absolute Gasteiger partial charge is 0.342 e. The summed E-state index contributed by atoms with van der Waals surface area (Å²) in [6.45, 7) is 8.32. The summed E-state index contributed by atoms with van der Waals surface area (Å²) in [5, 5.41) is 0. The second-order valence-corrected chi connectivity index (χ2v) is 4.31. The molecule has 0 bridgehead atoms. The number of rotatable bonds is 7. The van der Waals surface area contributed by atoms with Crippen molar-refractivity contribution in [3.8, 4) is 0 Å². The standard InChI is InChI=1S/C12H25N3O2/c1-6-14(7-2)12(17)10-15(11(3)16)9-8-13(4)5/h6-10H2,1-5H3. The maximum atomic E-state index is 11.9. The summed E-state index contributed by atoms with van der Waals surface area (Å²) in [5.41, 5.74) is 0. The molecule has 0 saturated heterocycles. The molecule has 100 valence electrons. The molecule has 0 aromatic rings. The van der Waals surface area contributed by atoms with Gasteiger partial charge >= 0.3 is 0 Å². The van der Waals surface area contributed by atoms with Crippen LogP contribution in [-0.2, 0) is 9.59 Å². The number of hydrogen-bond donors (Lipinski definition) is 0. The molecule has 0 unspecified atom stereocenters. The number of amides is 2. The number of hydrogen-bond acceptors (Lipinski definition) is 3. The van der Waals surface area contributed by atoms with Crippen LogP contribution in [0.1, 0.15) is 20.8 Å². The van der Waals surface area contributed by atoms with Crippen molar-refractivity contribution >= 4 is 11.8 Å². The average Bonchev–Trinajstić information content (AvgIpc) is 2.25. The Balaban J connectivity index is 4.33. The van der Waals surface area contributed by atoms with Crippen molar-refractivity contribution in [1.29, 1.82) is 0 Å². The SMILES string of the molecule is CCN(CC)C(=O)CN(CCN(C)C)C(C)=O. The first-order valence-corrected chi connectivity index (χ1v) is 6.10. The molecule has 0 heterocycles. The fourth-order valence-corrected chi connectivity index (χ4v) is 1.51. The highest BCUT2D eigenvalue weighted by atomic mass is 16.2. The smallest absolute Gasteiger partial charge is 0.242 e. The lowest BCUT2D eigenvalue weighted by atomic mass is 10.3. The Hall–Kier alpha value is -1.10. The monoisotopic (exact) mass is 243 g/mol. The molecule has 0 rings (SSSR count). The van der Waals surface area contributed by atoms with Crippen LogP contribution in [0.2, 0.25) is 0 Å². The van der Waals surface area contributed by atoms with Crippen LogP contribution < -0.4 is 0 Å². The zero-order valence-corrected chi connectivity index (χ0v) is 11.7.